The summed E-state index contributed by atoms with van der Waals surface area (Å²) in [4.78, 5) is 26.7. The van der Waals surface area contributed by atoms with Gasteiger partial charge in [-0.05, 0) is 43.2 Å². The van der Waals surface area contributed by atoms with Gasteiger partial charge >= 0.3 is 17.9 Å². The summed E-state index contributed by atoms with van der Waals surface area (Å²) in [6.45, 7) is 4.57. The number of aliphatic carboxylic acids is 1. The minimum atomic E-state index is -5.19. The van der Waals surface area contributed by atoms with Crippen LogP contribution in [-0.2, 0) is 16.1 Å². The highest BCUT2D eigenvalue weighted by Crippen LogP contribution is 2.44. The van der Waals surface area contributed by atoms with Gasteiger partial charge in [-0.25, -0.2) is 4.98 Å². The van der Waals surface area contributed by atoms with Gasteiger partial charge in [-0.1, -0.05) is 12.5 Å². The number of carbonyl (C=O) groups is 2. The molecule has 1 aliphatic heterocycles. The Morgan fingerprint density at radius 1 is 1.21 bits per heavy atom. The molecule has 2 bridgehead atoms. The van der Waals surface area contributed by atoms with Crippen molar-refractivity contribution in [3.8, 4) is 0 Å². The lowest BCUT2D eigenvalue weighted by atomic mass is 9.95. The third-order valence-electron chi connectivity index (χ3n) is 6.81. The molecule has 2 aromatic rings. The molecule has 5 rings (SSSR count). The van der Waals surface area contributed by atoms with Crippen molar-refractivity contribution in [3.63, 3.8) is 0 Å². The van der Waals surface area contributed by atoms with Gasteiger partial charge < -0.3 is 24.9 Å². The molecule has 11 heteroatoms. The molecule has 3 heterocycles. The van der Waals surface area contributed by atoms with E-state index in [1.165, 1.54) is 24.2 Å². The predicted octanol–water partition coefficient (Wildman–Crippen LogP) is -0.614. The van der Waals surface area contributed by atoms with E-state index in [-0.39, 0.29) is 5.91 Å². The Bertz CT molecular complexity index is 1000. The molecule has 2 aromatic heterocycles. The molecule has 3 N–H and O–H groups in total. The lowest BCUT2D eigenvalue weighted by Crippen LogP contribution is -3.12. The van der Waals surface area contributed by atoms with Gasteiger partial charge in [0.1, 0.15) is 25.6 Å². The molecular formula is C22H28F3N4O4+. The lowest BCUT2D eigenvalue weighted by Gasteiger charge is -2.22. The van der Waals surface area contributed by atoms with E-state index < -0.39 is 12.1 Å². The molecule has 3 fully saturated rings. The standard InChI is InChI=1S/C20H26N4O2.C2HF3O2/c25-20(22-16-12-14-4-5-15(16)11-14)19-21-17(13-23-7-9-26-10-8-23)18-3-1-2-6-24(18)19;3-2(4,5)1(6)7/h1-3,6,14-16H,4-5,7-13H2,(H,22,25);(H,6,7)/p+1. The van der Waals surface area contributed by atoms with Crippen molar-refractivity contribution in [1.82, 2.24) is 10.3 Å². The van der Waals surface area contributed by atoms with E-state index in [0.29, 0.717) is 17.8 Å². The predicted molar refractivity (Wildman–Crippen MR) is 107 cm³/mol. The SMILES string of the molecule is O=C(NC1CC2CCC1C2)c1[nH]c(C[NH+]2CCOCC2)c2cccc[n+]12.O=C([O-])C(F)(F)F. The Hall–Kier alpha value is -2.66. The molecule has 3 atom stereocenters. The maximum absolute atomic E-state index is 13.0. The fourth-order valence-corrected chi connectivity index (χ4v) is 5.20. The average Bonchev–Trinajstić information content (AvgIpc) is 3.49. The normalized spacial score (nSPS) is 25.0. The number of aromatic amines is 1. The zero-order valence-corrected chi connectivity index (χ0v) is 18.1. The van der Waals surface area contributed by atoms with Crippen molar-refractivity contribution < 1.29 is 41.9 Å². The molecule has 1 saturated heterocycles. The molecule has 3 unspecified atom stereocenters. The number of halogens is 3. The van der Waals surface area contributed by atoms with Crippen LogP contribution in [0.4, 0.5) is 13.2 Å². The number of hydrogen-bond donors (Lipinski definition) is 3. The largest absolute Gasteiger partial charge is 0.542 e. The summed E-state index contributed by atoms with van der Waals surface area (Å²) in [6.07, 6.45) is 1.88. The Morgan fingerprint density at radius 2 is 1.94 bits per heavy atom. The molecule has 0 aromatic carbocycles. The number of ether oxygens (including phenoxy) is 1. The number of fused-ring (bicyclic) bond motifs is 3. The smallest absolute Gasteiger partial charge is 0.430 e. The summed E-state index contributed by atoms with van der Waals surface area (Å²) in [5, 5.41) is 12.1. The van der Waals surface area contributed by atoms with Crippen LogP contribution >= 0.6 is 0 Å². The first kappa shape index (κ1) is 23.5. The highest BCUT2D eigenvalue weighted by molar-refractivity contribution is 5.90. The van der Waals surface area contributed by atoms with Crippen molar-refractivity contribution in [1.29, 1.82) is 0 Å². The van der Waals surface area contributed by atoms with Crippen molar-refractivity contribution in [2.24, 2.45) is 11.8 Å². The highest BCUT2D eigenvalue weighted by atomic mass is 19.4. The molecule has 2 saturated carbocycles. The van der Waals surface area contributed by atoms with Gasteiger partial charge in [-0.2, -0.15) is 17.6 Å². The molecular weight excluding hydrogens is 441 g/mol. The van der Waals surface area contributed by atoms with Gasteiger partial charge in [0.05, 0.1) is 19.4 Å². The molecule has 0 radical (unpaired) electrons. The van der Waals surface area contributed by atoms with E-state index in [2.05, 4.69) is 16.4 Å². The number of morpholine rings is 1. The molecule has 0 spiro atoms. The number of amides is 1. The second-order valence-corrected chi connectivity index (χ2v) is 8.99. The third kappa shape index (κ3) is 5.47. The van der Waals surface area contributed by atoms with Crippen LogP contribution in [0, 0.1) is 11.8 Å². The van der Waals surface area contributed by atoms with E-state index in [4.69, 9.17) is 14.6 Å². The number of nitrogens with one attached hydrogen (secondary N) is 3. The van der Waals surface area contributed by atoms with Gasteiger partial charge in [-0.15, -0.1) is 0 Å². The van der Waals surface area contributed by atoms with Crippen LogP contribution in [0.2, 0.25) is 0 Å². The molecule has 180 valence electrons. The first-order valence-corrected chi connectivity index (χ1v) is 11.2. The lowest BCUT2D eigenvalue weighted by molar-refractivity contribution is -0.921. The number of hydrogen-bond acceptors (Lipinski definition) is 4. The van der Waals surface area contributed by atoms with Gasteiger partial charge in [0.15, 0.2) is 5.52 Å². The summed E-state index contributed by atoms with van der Waals surface area (Å²) in [5.41, 5.74) is 2.24. The van der Waals surface area contributed by atoms with Crippen molar-refractivity contribution in [2.45, 2.75) is 44.4 Å². The molecule has 33 heavy (non-hydrogen) atoms. The number of alkyl halides is 3. The third-order valence-corrected chi connectivity index (χ3v) is 6.81. The van der Waals surface area contributed by atoms with Gasteiger partial charge in [-0.3, -0.25) is 4.79 Å². The summed E-state index contributed by atoms with van der Waals surface area (Å²) in [6, 6.07) is 6.48. The number of aromatic nitrogens is 2. The maximum Gasteiger partial charge on any atom is 0.430 e. The number of H-pyrrole nitrogens is 1. The number of quaternary nitrogens is 1. The highest BCUT2D eigenvalue weighted by Gasteiger charge is 2.41. The Labute approximate surface area is 188 Å². The number of pyridine rings is 1. The zero-order chi connectivity index (χ0) is 23.6. The van der Waals surface area contributed by atoms with Crippen LogP contribution < -0.4 is 19.7 Å². The average molecular weight is 469 g/mol. The Kier molecular flexibility index (Phi) is 6.89. The first-order valence-electron chi connectivity index (χ1n) is 11.2. The van der Waals surface area contributed by atoms with Gasteiger partial charge in [0.2, 0.25) is 5.69 Å². The fourth-order valence-electron chi connectivity index (χ4n) is 5.20. The molecule has 3 aliphatic rings. The van der Waals surface area contributed by atoms with Crippen LogP contribution in [-0.4, -0.2) is 55.4 Å². The minimum Gasteiger partial charge on any atom is -0.542 e. The number of imidazole rings is 1. The van der Waals surface area contributed by atoms with Gasteiger partial charge in [0, 0.05) is 6.04 Å². The summed E-state index contributed by atoms with van der Waals surface area (Å²) in [5.74, 6) is -0.795. The van der Waals surface area contributed by atoms with Gasteiger partial charge in [0.25, 0.3) is 0 Å². The van der Waals surface area contributed by atoms with Crippen LogP contribution in [0.3, 0.4) is 0 Å². The topological polar surface area (TPSA) is 103 Å². The van der Waals surface area contributed by atoms with Crippen LogP contribution in [0.1, 0.15) is 42.0 Å². The Balaban J connectivity index is 0.000000325. The number of nitrogens with zero attached hydrogens (tertiary/aromatic N) is 1. The van der Waals surface area contributed by atoms with Crippen molar-refractivity contribution in [2.75, 3.05) is 26.3 Å². The van der Waals surface area contributed by atoms with E-state index in [1.54, 1.807) is 0 Å². The molecule has 8 nitrogen and oxygen atoms in total. The van der Waals surface area contributed by atoms with Crippen LogP contribution in [0.5, 0.6) is 0 Å². The summed E-state index contributed by atoms with van der Waals surface area (Å²) < 4.78 is 39.0. The quantitative estimate of drug-likeness (QED) is 0.520. The summed E-state index contributed by atoms with van der Waals surface area (Å²) >= 11 is 0. The maximum atomic E-state index is 13.0. The fraction of sp³-hybridized carbons (Fsp3) is 0.591. The van der Waals surface area contributed by atoms with E-state index in [0.717, 1.165) is 56.4 Å². The molecule has 2 aliphatic carbocycles. The minimum absolute atomic E-state index is 0.0342. The number of carbonyl (C=O) groups excluding carboxylic acids is 2. The van der Waals surface area contributed by atoms with Crippen molar-refractivity contribution in [3.05, 3.63) is 35.9 Å². The second kappa shape index (κ2) is 9.68. The number of carboxylic acid groups (broad SMARTS) is 1. The summed E-state index contributed by atoms with van der Waals surface area (Å²) in [7, 11) is 0. The monoisotopic (exact) mass is 469 g/mol. The van der Waals surface area contributed by atoms with Crippen molar-refractivity contribution >= 4 is 17.4 Å². The van der Waals surface area contributed by atoms with Crippen LogP contribution in [0.25, 0.3) is 5.52 Å². The van der Waals surface area contributed by atoms with Crippen LogP contribution in [0.15, 0.2) is 24.4 Å². The number of carboxylic acids is 1. The van der Waals surface area contributed by atoms with E-state index >= 15 is 0 Å². The Morgan fingerprint density at radius 3 is 2.55 bits per heavy atom. The number of rotatable bonds is 4. The van der Waals surface area contributed by atoms with E-state index in [1.807, 2.05) is 22.7 Å². The second-order valence-electron chi connectivity index (χ2n) is 8.99. The molecule has 1 amide bonds. The van der Waals surface area contributed by atoms with E-state index in [9.17, 15) is 18.0 Å². The first-order chi connectivity index (χ1) is 15.7. The zero-order valence-electron chi connectivity index (χ0n) is 18.1.